The molecule has 2 unspecified atom stereocenters. The molecule has 0 spiro atoms. The van der Waals surface area contributed by atoms with Crippen molar-refractivity contribution >= 4 is 17.9 Å². The van der Waals surface area contributed by atoms with Crippen molar-refractivity contribution in [3.05, 3.63) is 134 Å². The Morgan fingerprint density at radius 2 is 0.803 bits per heavy atom. The summed E-state index contributed by atoms with van der Waals surface area (Å²) in [4.78, 5) is 37.3. The van der Waals surface area contributed by atoms with Crippen molar-refractivity contribution in [3.8, 4) is 0 Å². The molecule has 0 aromatic heterocycles. The number of likely N-dealkylation sites (N-methyl/N-ethyl adjacent to an activating group) is 1. The van der Waals surface area contributed by atoms with Crippen molar-refractivity contribution in [1.29, 1.82) is 0 Å². The predicted octanol–water partition coefficient (Wildman–Crippen LogP) is 15.9. The first kappa shape index (κ1) is 66.4. The van der Waals surface area contributed by atoms with E-state index in [-0.39, 0.29) is 38.6 Å². The zero-order valence-electron chi connectivity index (χ0n) is 45.3. The minimum absolute atomic E-state index is 0.170. The van der Waals surface area contributed by atoms with Crippen molar-refractivity contribution in [2.75, 3.05) is 47.5 Å². The van der Waals surface area contributed by atoms with Crippen molar-refractivity contribution in [1.82, 2.24) is 0 Å². The van der Waals surface area contributed by atoms with Gasteiger partial charge in [-0.15, -0.1) is 0 Å². The molecule has 0 aliphatic heterocycles. The SMILES string of the molecule is CC/C=C\C/C=C\C/C=C\C/C=C\C/C=C\C/C=C\C/C=C\C/C=C\C/C=C\CCCCCC(=O)OC(COC(=O)CCCCCCC/C=C\C/C=C\CCCCC)COC(OCC[N+](C)(C)C)C(=O)O. The van der Waals surface area contributed by atoms with Gasteiger partial charge in [0.1, 0.15) is 13.2 Å². The number of nitrogens with zero attached hydrogens (tertiary/aromatic N) is 1. The summed E-state index contributed by atoms with van der Waals surface area (Å²) in [6.07, 6.45) is 70.9. The lowest BCUT2D eigenvalue weighted by molar-refractivity contribution is -0.870. The topological polar surface area (TPSA) is 108 Å². The predicted molar refractivity (Wildman–Crippen MR) is 299 cm³/mol. The number of carboxylic acid groups (broad SMARTS) is 1. The number of rotatable bonds is 48. The third-order valence-corrected chi connectivity index (χ3v) is 10.9. The van der Waals surface area contributed by atoms with E-state index < -0.39 is 24.3 Å². The van der Waals surface area contributed by atoms with Gasteiger partial charge in [0, 0.05) is 12.8 Å². The van der Waals surface area contributed by atoms with Gasteiger partial charge >= 0.3 is 17.9 Å². The Hall–Kier alpha value is -4.57. The summed E-state index contributed by atoms with van der Waals surface area (Å²) >= 11 is 0. The number of hydrogen-bond acceptors (Lipinski definition) is 7. The normalized spacial score (nSPS) is 13.9. The van der Waals surface area contributed by atoms with Crippen LogP contribution in [-0.4, -0.2) is 87.4 Å². The van der Waals surface area contributed by atoms with Gasteiger partial charge in [-0.05, 0) is 116 Å². The summed E-state index contributed by atoms with van der Waals surface area (Å²) in [5, 5.41) is 9.68. The van der Waals surface area contributed by atoms with Crippen LogP contribution in [0, 0.1) is 0 Å². The molecule has 0 radical (unpaired) electrons. The quantitative estimate of drug-likeness (QED) is 0.0211. The lowest BCUT2D eigenvalue weighted by Gasteiger charge is -2.25. The number of carbonyl (C=O) groups is 3. The minimum atomic E-state index is -1.53. The number of carboxylic acids is 1. The molecule has 0 rings (SSSR count). The Morgan fingerprint density at radius 1 is 0.437 bits per heavy atom. The van der Waals surface area contributed by atoms with Crippen LogP contribution in [0.25, 0.3) is 0 Å². The standard InChI is InChI=1S/C62H99NO8/c1-6-8-10-12-14-16-18-20-22-23-24-25-26-27-28-29-30-31-32-33-34-35-36-37-39-41-43-45-47-49-51-53-60(65)71-58(57-70-62(61(66)67)68-55-54-63(3,4)5)56-69-59(64)52-50-48-46-44-42-40-38-21-19-17-15-13-11-9-7-2/h8,10,14-17,20-22,24-25,27-28,30-31,33-34,36-38,41,43,58,62H,6-7,9,11-13,18-19,23,26,29,32,35,39-40,42,44-57H2,1-5H3/p+1/b10-8-,16-14-,17-15-,22-20-,25-24-,28-27-,31-30-,34-33-,37-36-,38-21-,43-41-. The van der Waals surface area contributed by atoms with Gasteiger partial charge in [-0.3, -0.25) is 9.59 Å². The Kier molecular flexibility index (Phi) is 48.4. The second kappa shape index (κ2) is 51.8. The minimum Gasteiger partial charge on any atom is -0.477 e. The van der Waals surface area contributed by atoms with Gasteiger partial charge in [0.25, 0.3) is 6.29 Å². The maximum atomic E-state index is 12.8. The highest BCUT2D eigenvalue weighted by Gasteiger charge is 2.25. The maximum absolute atomic E-state index is 12.8. The summed E-state index contributed by atoms with van der Waals surface area (Å²) in [7, 11) is 5.93. The highest BCUT2D eigenvalue weighted by molar-refractivity contribution is 5.71. The van der Waals surface area contributed by atoms with Crippen molar-refractivity contribution in [3.63, 3.8) is 0 Å². The second-order valence-electron chi connectivity index (χ2n) is 18.8. The third-order valence-electron chi connectivity index (χ3n) is 10.9. The first-order valence-corrected chi connectivity index (χ1v) is 27.3. The zero-order valence-corrected chi connectivity index (χ0v) is 45.3. The van der Waals surface area contributed by atoms with E-state index in [1.54, 1.807) is 0 Å². The Labute approximate surface area is 433 Å². The van der Waals surface area contributed by atoms with Gasteiger partial charge in [0.15, 0.2) is 6.10 Å². The van der Waals surface area contributed by atoms with Crippen LogP contribution in [0.5, 0.6) is 0 Å². The maximum Gasteiger partial charge on any atom is 0.361 e. The van der Waals surface area contributed by atoms with E-state index >= 15 is 0 Å². The molecule has 0 bridgehead atoms. The fourth-order valence-corrected chi connectivity index (χ4v) is 6.68. The lowest BCUT2D eigenvalue weighted by atomic mass is 10.1. The van der Waals surface area contributed by atoms with E-state index in [0.29, 0.717) is 17.4 Å². The number of aliphatic carboxylic acids is 1. The van der Waals surface area contributed by atoms with Gasteiger partial charge in [-0.2, -0.15) is 0 Å². The van der Waals surface area contributed by atoms with Crippen LogP contribution in [0.15, 0.2) is 134 Å². The van der Waals surface area contributed by atoms with Crippen LogP contribution >= 0.6 is 0 Å². The van der Waals surface area contributed by atoms with Crippen molar-refractivity contribution in [2.45, 2.75) is 193 Å². The second-order valence-corrected chi connectivity index (χ2v) is 18.8. The van der Waals surface area contributed by atoms with Crippen LogP contribution in [0.2, 0.25) is 0 Å². The summed E-state index contributed by atoms with van der Waals surface area (Å²) in [5.41, 5.74) is 0. The molecule has 0 heterocycles. The number of unbranched alkanes of at least 4 members (excludes halogenated alkanes) is 11. The number of quaternary nitrogens is 1. The Bertz CT molecular complexity index is 1620. The molecule has 9 nitrogen and oxygen atoms in total. The smallest absolute Gasteiger partial charge is 0.361 e. The van der Waals surface area contributed by atoms with Gasteiger partial charge in [0.05, 0.1) is 34.4 Å². The van der Waals surface area contributed by atoms with Crippen molar-refractivity contribution in [2.24, 2.45) is 0 Å². The average Bonchev–Trinajstić information content (AvgIpc) is 3.34. The molecule has 0 amide bonds. The molecule has 2 atom stereocenters. The molecule has 0 aliphatic rings. The van der Waals surface area contributed by atoms with E-state index in [4.69, 9.17) is 18.9 Å². The highest BCUT2D eigenvalue weighted by atomic mass is 16.7. The molecular formula is C62H100NO8+. The highest BCUT2D eigenvalue weighted by Crippen LogP contribution is 2.12. The molecule has 0 aromatic carbocycles. The fourth-order valence-electron chi connectivity index (χ4n) is 6.68. The Balaban J connectivity index is 4.40. The van der Waals surface area contributed by atoms with E-state index in [9.17, 15) is 19.5 Å². The van der Waals surface area contributed by atoms with E-state index in [1.165, 1.54) is 25.7 Å². The van der Waals surface area contributed by atoms with Crippen LogP contribution < -0.4 is 0 Å². The molecule has 9 heteroatoms. The Morgan fingerprint density at radius 3 is 1.21 bits per heavy atom. The third kappa shape index (κ3) is 53.1. The lowest BCUT2D eigenvalue weighted by Crippen LogP contribution is -2.40. The molecule has 0 saturated carbocycles. The molecule has 0 aromatic rings. The van der Waals surface area contributed by atoms with Gasteiger partial charge in [0.2, 0.25) is 0 Å². The van der Waals surface area contributed by atoms with E-state index in [0.717, 1.165) is 122 Å². The first-order valence-electron chi connectivity index (χ1n) is 27.3. The number of esters is 2. The van der Waals surface area contributed by atoms with Crippen molar-refractivity contribution < 1.29 is 42.9 Å². The number of ether oxygens (including phenoxy) is 4. The number of carbonyl (C=O) groups excluding carboxylic acids is 2. The first-order chi connectivity index (χ1) is 34.6. The average molecular weight is 987 g/mol. The van der Waals surface area contributed by atoms with E-state index in [1.807, 2.05) is 21.1 Å². The molecule has 1 N–H and O–H groups in total. The summed E-state index contributed by atoms with van der Waals surface area (Å²) in [6, 6.07) is 0. The van der Waals surface area contributed by atoms with Crippen LogP contribution in [-0.2, 0) is 33.3 Å². The zero-order chi connectivity index (χ0) is 52.0. The molecule has 0 aliphatic carbocycles. The van der Waals surface area contributed by atoms with Crippen LogP contribution in [0.3, 0.4) is 0 Å². The molecule has 400 valence electrons. The number of allylic oxidation sites excluding steroid dienone is 22. The number of hydrogen-bond donors (Lipinski definition) is 1. The van der Waals surface area contributed by atoms with Crippen LogP contribution in [0.4, 0.5) is 0 Å². The van der Waals surface area contributed by atoms with Gasteiger partial charge in [-0.1, -0.05) is 186 Å². The fraction of sp³-hybridized carbons (Fsp3) is 0.597. The largest absolute Gasteiger partial charge is 0.477 e. The summed E-state index contributed by atoms with van der Waals surface area (Å²) in [5.74, 6) is -2.09. The molecular weight excluding hydrogens is 887 g/mol. The molecule has 71 heavy (non-hydrogen) atoms. The molecule has 0 saturated heterocycles. The summed E-state index contributed by atoms with van der Waals surface area (Å²) < 4.78 is 22.8. The molecule has 0 fully saturated rings. The summed E-state index contributed by atoms with van der Waals surface area (Å²) in [6.45, 7) is 4.64. The van der Waals surface area contributed by atoms with Gasteiger partial charge in [-0.25, -0.2) is 4.79 Å². The van der Waals surface area contributed by atoms with Crippen LogP contribution in [0.1, 0.15) is 181 Å². The van der Waals surface area contributed by atoms with Gasteiger partial charge < -0.3 is 28.5 Å². The van der Waals surface area contributed by atoms with E-state index in [2.05, 4.69) is 148 Å². The monoisotopic (exact) mass is 987 g/mol.